The molecule has 0 fully saturated rings. The summed E-state index contributed by atoms with van der Waals surface area (Å²) in [6.45, 7) is 3.59. The summed E-state index contributed by atoms with van der Waals surface area (Å²) in [5.41, 5.74) is 1.20. The summed E-state index contributed by atoms with van der Waals surface area (Å²) in [5.74, 6) is 0.929. The molecule has 1 aromatic heterocycles. The van der Waals surface area contributed by atoms with Gasteiger partial charge in [-0.2, -0.15) is 5.26 Å². The van der Waals surface area contributed by atoms with Gasteiger partial charge < -0.3 is 14.1 Å². The number of likely N-dealkylation sites (N-methyl/N-ethyl adjacent to an activating group) is 1. The SMILES string of the molecule is CC(Oc1ccccc1C#N)C(=O)N(C)C(C)c1cc2ccccc2o1. The molecule has 5 heteroatoms. The molecule has 0 N–H and O–H groups in total. The first kappa shape index (κ1) is 17.6. The van der Waals surface area contributed by atoms with Crippen molar-refractivity contribution in [2.45, 2.75) is 26.0 Å². The summed E-state index contributed by atoms with van der Waals surface area (Å²) >= 11 is 0. The number of rotatable bonds is 5. The predicted molar refractivity (Wildman–Crippen MR) is 98.6 cm³/mol. The minimum absolute atomic E-state index is 0.189. The molecule has 0 saturated carbocycles. The van der Waals surface area contributed by atoms with Crippen LogP contribution < -0.4 is 4.74 Å². The number of hydrogen-bond acceptors (Lipinski definition) is 4. The highest BCUT2D eigenvalue weighted by molar-refractivity contribution is 5.82. The Hall–Kier alpha value is -3.26. The molecule has 2 unspecified atom stereocenters. The van der Waals surface area contributed by atoms with E-state index in [1.165, 1.54) is 0 Å². The summed E-state index contributed by atoms with van der Waals surface area (Å²) < 4.78 is 11.6. The number of benzene rings is 2. The molecular weight excluding hydrogens is 328 g/mol. The quantitative estimate of drug-likeness (QED) is 0.690. The van der Waals surface area contributed by atoms with Crippen molar-refractivity contribution in [3.8, 4) is 11.8 Å². The normalized spacial score (nSPS) is 13.0. The van der Waals surface area contributed by atoms with Crippen molar-refractivity contribution in [3.05, 3.63) is 65.9 Å². The molecule has 132 valence electrons. The van der Waals surface area contributed by atoms with Crippen molar-refractivity contribution in [3.63, 3.8) is 0 Å². The molecule has 3 aromatic rings. The van der Waals surface area contributed by atoms with Crippen LogP contribution >= 0.6 is 0 Å². The van der Waals surface area contributed by atoms with Crippen LogP contribution in [0.25, 0.3) is 11.0 Å². The molecule has 0 aliphatic carbocycles. The third kappa shape index (κ3) is 3.40. The van der Waals surface area contributed by atoms with Gasteiger partial charge in [0.05, 0.1) is 11.6 Å². The van der Waals surface area contributed by atoms with Gasteiger partial charge in [0, 0.05) is 12.4 Å². The van der Waals surface area contributed by atoms with E-state index >= 15 is 0 Å². The molecule has 0 spiro atoms. The van der Waals surface area contributed by atoms with E-state index in [0.717, 1.165) is 11.0 Å². The highest BCUT2D eigenvalue weighted by Gasteiger charge is 2.26. The van der Waals surface area contributed by atoms with Crippen molar-refractivity contribution < 1.29 is 13.9 Å². The van der Waals surface area contributed by atoms with Gasteiger partial charge in [0.1, 0.15) is 23.2 Å². The lowest BCUT2D eigenvalue weighted by Crippen LogP contribution is -2.39. The monoisotopic (exact) mass is 348 g/mol. The van der Waals surface area contributed by atoms with Crippen LogP contribution in [-0.4, -0.2) is 24.0 Å². The first-order valence-corrected chi connectivity index (χ1v) is 8.42. The van der Waals surface area contributed by atoms with Gasteiger partial charge in [0.25, 0.3) is 5.91 Å². The number of nitrogens with zero attached hydrogens (tertiary/aromatic N) is 2. The summed E-state index contributed by atoms with van der Waals surface area (Å²) in [4.78, 5) is 14.3. The maximum Gasteiger partial charge on any atom is 0.263 e. The fourth-order valence-electron chi connectivity index (χ4n) is 2.78. The number of amides is 1. The van der Waals surface area contributed by atoms with E-state index in [2.05, 4.69) is 6.07 Å². The van der Waals surface area contributed by atoms with Gasteiger partial charge in [-0.1, -0.05) is 30.3 Å². The standard InChI is InChI=1S/C21H20N2O3/c1-14(20-12-16-8-4-6-10-18(16)26-20)23(3)21(24)15(2)25-19-11-7-5-9-17(19)13-22/h4-12,14-15H,1-3H3. The van der Waals surface area contributed by atoms with E-state index in [1.807, 2.05) is 37.3 Å². The van der Waals surface area contributed by atoms with Gasteiger partial charge in [-0.25, -0.2) is 0 Å². The zero-order valence-corrected chi connectivity index (χ0v) is 15.0. The molecule has 0 aliphatic rings. The zero-order valence-electron chi connectivity index (χ0n) is 15.0. The van der Waals surface area contributed by atoms with Crippen molar-refractivity contribution in [2.75, 3.05) is 7.05 Å². The first-order chi connectivity index (χ1) is 12.5. The van der Waals surface area contributed by atoms with E-state index < -0.39 is 6.10 Å². The van der Waals surface area contributed by atoms with Crippen LogP contribution in [0.5, 0.6) is 5.75 Å². The van der Waals surface area contributed by atoms with Crippen molar-refractivity contribution in [1.82, 2.24) is 4.90 Å². The molecule has 5 nitrogen and oxygen atoms in total. The fourth-order valence-corrected chi connectivity index (χ4v) is 2.78. The average molecular weight is 348 g/mol. The topological polar surface area (TPSA) is 66.5 Å². The summed E-state index contributed by atoms with van der Waals surface area (Å²) in [5, 5.41) is 10.1. The number of para-hydroxylation sites is 2. The minimum Gasteiger partial charge on any atom is -0.480 e. The largest absolute Gasteiger partial charge is 0.480 e. The molecule has 2 aromatic carbocycles. The number of fused-ring (bicyclic) bond motifs is 1. The van der Waals surface area contributed by atoms with Crippen LogP contribution in [0.4, 0.5) is 0 Å². The predicted octanol–water partition coefficient (Wildman–Crippen LogP) is 4.29. The number of hydrogen-bond donors (Lipinski definition) is 0. The van der Waals surface area contributed by atoms with Crippen molar-refractivity contribution in [2.24, 2.45) is 0 Å². The summed E-state index contributed by atoms with van der Waals surface area (Å²) in [6.07, 6.45) is -0.721. The lowest BCUT2D eigenvalue weighted by Gasteiger charge is -2.26. The van der Waals surface area contributed by atoms with Gasteiger partial charge in [-0.15, -0.1) is 0 Å². The maximum atomic E-state index is 12.8. The van der Waals surface area contributed by atoms with Gasteiger partial charge >= 0.3 is 0 Å². The highest BCUT2D eigenvalue weighted by atomic mass is 16.5. The van der Waals surface area contributed by atoms with Crippen LogP contribution in [0.3, 0.4) is 0 Å². The van der Waals surface area contributed by atoms with Crippen molar-refractivity contribution >= 4 is 16.9 Å². The number of furan rings is 1. The third-order valence-electron chi connectivity index (χ3n) is 4.44. The Kier molecular flexibility index (Phi) is 4.94. The summed E-state index contributed by atoms with van der Waals surface area (Å²) in [6, 6.07) is 18.4. The molecule has 26 heavy (non-hydrogen) atoms. The van der Waals surface area contributed by atoms with Gasteiger partial charge in [0.2, 0.25) is 0 Å². The molecule has 3 rings (SSSR count). The van der Waals surface area contributed by atoms with Gasteiger partial charge in [-0.05, 0) is 38.1 Å². The second kappa shape index (κ2) is 7.32. The Morgan fingerprint density at radius 2 is 1.85 bits per heavy atom. The number of carbonyl (C=O) groups excluding carboxylic acids is 1. The van der Waals surface area contributed by atoms with Crippen LogP contribution in [0.1, 0.15) is 31.2 Å². The number of ether oxygens (including phenoxy) is 1. The number of nitriles is 1. The van der Waals surface area contributed by atoms with E-state index in [1.54, 1.807) is 43.1 Å². The molecular formula is C21H20N2O3. The van der Waals surface area contributed by atoms with Crippen LogP contribution in [0.2, 0.25) is 0 Å². The Morgan fingerprint density at radius 1 is 1.15 bits per heavy atom. The van der Waals surface area contributed by atoms with Crippen molar-refractivity contribution in [1.29, 1.82) is 5.26 Å². The Morgan fingerprint density at radius 3 is 2.58 bits per heavy atom. The molecule has 0 radical (unpaired) electrons. The Bertz CT molecular complexity index is 938. The smallest absolute Gasteiger partial charge is 0.263 e. The van der Waals surface area contributed by atoms with E-state index in [0.29, 0.717) is 17.1 Å². The second-order valence-corrected chi connectivity index (χ2v) is 6.18. The molecule has 1 heterocycles. The maximum absolute atomic E-state index is 12.8. The van der Waals surface area contributed by atoms with Gasteiger partial charge in [-0.3, -0.25) is 4.79 Å². The minimum atomic E-state index is -0.721. The molecule has 0 aliphatic heterocycles. The fraction of sp³-hybridized carbons (Fsp3) is 0.238. The molecule has 0 saturated heterocycles. The van der Waals surface area contributed by atoms with E-state index in [4.69, 9.17) is 14.4 Å². The zero-order chi connectivity index (χ0) is 18.7. The van der Waals surface area contributed by atoms with Crippen LogP contribution in [0.15, 0.2) is 59.0 Å². The Balaban J connectivity index is 1.74. The first-order valence-electron chi connectivity index (χ1n) is 8.42. The lowest BCUT2D eigenvalue weighted by molar-refractivity contribution is -0.138. The molecule has 1 amide bonds. The second-order valence-electron chi connectivity index (χ2n) is 6.18. The van der Waals surface area contributed by atoms with Crippen LogP contribution in [-0.2, 0) is 4.79 Å². The Labute approximate surface area is 152 Å². The lowest BCUT2D eigenvalue weighted by atomic mass is 10.2. The average Bonchev–Trinajstić information content (AvgIpc) is 3.10. The summed E-state index contributed by atoms with van der Waals surface area (Å²) in [7, 11) is 1.72. The van der Waals surface area contributed by atoms with E-state index in [9.17, 15) is 4.79 Å². The van der Waals surface area contributed by atoms with Crippen LogP contribution in [0, 0.1) is 11.3 Å². The number of carbonyl (C=O) groups is 1. The highest BCUT2D eigenvalue weighted by Crippen LogP contribution is 2.27. The van der Waals surface area contributed by atoms with Gasteiger partial charge in [0.15, 0.2) is 6.10 Å². The third-order valence-corrected chi connectivity index (χ3v) is 4.44. The van der Waals surface area contributed by atoms with E-state index in [-0.39, 0.29) is 11.9 Å². The molecule has 0 bridgehead atoms. The molecule has 2 atom stereocenters.